The van der Waals surface area contributed by atoms with Gasteiger partial charge < -0.3 is 10.2 Å². The van der Waals surface area contributed by atoms with Crippen LogP contribution in [0.3, 0.4) is 0 Å². The number of pyridine rings is 1. The molecule has 0 spiro atoms. The van der Waals surface area contributed by atoms with Gasteiger partial charge >= 0.3 is 0 Å². The number of nitrogens with one attached hydrogen (secondary N) is 1. The second-order valence-electron chi connectivity index (χ2n) is 6.96. The number of hydrogen-bond acceptors (Lipinski definition) is 4. The zero-order valence-corrected chi connectivity index (χ0v) is 14.9. The van der Waals surface area contributed by atoms with Gasteiger partial charge in [-0.3, -0.25) is 4.79 Å². The topological polar surface area (TPSA) is 45.2 Å². The molecular weight excluding hydrogens is 318 g/mol. The third-order valence-electron chi connectivity index (χ3n) is 4.99. The average Bonchev–Trinajstić information content (AvgIpc) is 3.24. The molecule has 3 heterocycles. The van der Waals surface area contributed by atoms with Crippen molar-refractivity contribution in [1.82, 2.24) is 4.98 Å². The molecule has 1 aliphatic heterocycles. The van der Waals surface area contributed by atoms with Crippen LogP contribution in [0.15, 0.2) is 24.4 Å². The predicted molar refractivity (Wildman–Crippen MR) is 99.1 cm³/mol. The van der Waals surface area contributed by atoms with Crippen molar-refractivity contribution in [2.75, 3.05) is 23.3 Å². The number of nitrogens with zero attached hydrogens (tertiary/aromatic N) is 2. The minimum atomic E-state index is -0.0159. The third kappa shape index (κ3) is 3.18. The van der Waals surface area contributed by atoms with Crippen LogP contribution in [-0.4, -0.2) is 24.0 Å². The molecule has 1 saturated heterocycles. The van der Waals surface area contributed by atoms with Crippen LogP contribution in [-0.2, 0) is 12.8 Å². The maximum absolute atomic E-state index is 12.5. The molecule has 5 heteroatoms. The van der Waals surface area contributed by atoms with Gasteiger partial charge in [0.15, 0.2) is 0 Å². The van der Waals surface area contributed by atoms with Crippen molar-refractivity contribution in [2.45, 2.75) is 39.0 Å². The lowest BCUT2D eigenvalue weighted by Crippen LogP contribution is -2.19. The first-order valence-electron chi connectivity index (χ1n) is 8.83. The Hall–Kier alpha value is -1.88. The number of aryl methyl sites for hydroxylation is 1. The Morgan fingerprint density at radius 1 is 1.33 bits per heavy atom. The predicted octanol–water partition coefficient (Wildman–Crippen LogP) is 4.12. The van der Waals surface area contributed by atoms with Crippen LogP contribution >= 0.6 is 11.3 Å². The highest BCUT2D eigenvalue weighted by Gasteiger charge is 2.21. The molecule has 4 nitrogen and oxygen atoms in total. The summed E-state index contributed by atoms with van der Waals surface area (Å²) in [5, 5.41) is 2.99. The number of thiophene rings is 1. The SMILES string of the molecule is CC1CCc2sc(C(=O)Nc3ccc(N4CCCC4)nc3)cc2C1. The molecule has 24 heavy (non-hydrogen) atoms. The Morgan fingerprint density at radius 2 is 2.17 bits per heavy atom. The second kappa shape index (κ2) is 6.55. The fourth-order valence-electron chi connectivity index (χ4n) is 3.60. The summed E-state index contributed by atoms with van der Waals surface area (Å²) in [4.78, 5) is 21.5. The zero-order chi connectivity index (χ0) is 16.5. The lowest BCUT2D eigenvalue weighted by atomic mass is 9.90. The number of fused-ring (bicyclic) bond motifs is 1. The van der Waals surface area contributed by atoms with Crippen LogP contribution in [0.25, 0.3) is 0 Å². The molecule has 1 atom stereocenters. The van der Waals surface area contributed by atoms with Crippen molar-refractivity contribution < 1.29 is 4.79 Å². The quantitative estimate of drug-likeness (QED) is 0.913. The van der Waals surface area contributed by atoms with Crippen molar-refractivity contribution >= 4 is 28.7 Å². The highest BCUT2D eigenvalue weighted by atomic mass is 32.1. The van der Waals surface area contributed by atoms with E-state index in [2.05, 4.69) is 28.2 Å². The van der Waals surface area contributed by atoms with Crippen molar-refractivity contribution in [3.63, 3.8) is 0 Å². The van der Waals surface area contributed by atoms with Gasteiger partial charge in [-0.15, -0.1) is 11.3 Å². The number of carbonyl (C=O) groups excluding carboxylic acids is 1. The summed E-state index contributed by atoms with van der Waals surface area (Å²) < 4.78 is 0. The van der Waals surface area contributed by atoms with Crippen molar-refractivity contribution in [3.05, 3.63) is 39.7 Å². The Balaban J connectivity index is 1.44. The number of aromatic nitrogens is 1. The molecule has 1 N–H and O–H groups in total. The van der Waals surface area contributed by atoms with Gasteiger partial charge in [-0.05, 0) is 61.8 Å². The van der Waals surface area contributed by atoms with E-state index in [1.54, 1.807) is 17.5 Å². The van der Waals surface area contributed by atoms with Gasteiger partial charge in [-0.25, -0.2) is 4.98 Å². The van der Waals surface area contributed by atoms with Gasteiger partial charge in [0.2, 0.25) is 0 Å². The summed E-state index contributed by atoms with van der Waals surface area (Å²) in [7, 11) is 0. The maximum atomic E-state index is 12.5. The number of rotatable bonds is 3. The fourth-order valence-corrected chi connectivity index (χ4v) is 4.71. The second-order valence-corrected chi connectivity index (χ2v) is 8.10. The monoisotopic (exact) mass is 341 g/mol. The highest BCUT2D eigenvalue weighted by molar-refractivity contribution is 7.14. The van der Waals surface area contributed by atoms with Gasteiger partial charge in [-0.2, -0.15) is 0 Å². The molecule has 0 bridgehead atoms. The van der Waals surface area contributed by atoms with Crippen LogP contribution in [0.2, 0.25) is 0 Å². The van der Waals surface area contributed by atoms with Crippen molar-refractivity contribution in [1.29, 1.82) is 0 Å². The minimum absolute atomic E-state index is 0.0159. The summed E-state index contributed by atoms with van der Waals surface area (Å²) in [6.45, 7) is 4.45. The van der Waals surface area contributed by atoms with Gasteiger partial charge in [0, 0.05) is 18.0 Å². The van der Waals surface area contributed by atoms with Gasteiger partial charge in [0.25, 0.3) is 5.91 Å². The van der Waals surface area contributed by atoms with Gasteiger partial charge in [0.05, 0.1) is 16.8 Å². The van der Waals surface area contributed by atoms with Crippen molar-refractivity contribution in [3.8, 4) is 0 Å². The largest absolute Gasteiger partial charge is 0.357 e. The van der Waals surface area contributed by atoms with E-state index in [1.807, 2.05) is 12.1 Å². The molecule has 0 radical (unpaired) electrons. The number of anilines is 2. The van der Waals surface area contributed by atoms with Crippen LogP contribution in [0.5, 0.6) is 0 Å². The molecule has 1 unspecified atom stereocenters. The molecular formula is C19H23N3OS. The normalized spacial score (nSPS) is 20.0. The molecule has 2 aromatic heterocycles. The lowest BCUT2D eigenvalue weighted by Gasteiger charge is -2.16. The summed E-state index contributed by atoms with van der Waals surface area (Å²) in [6.07, 6.45) is 7.69. The first-order valence-corrected chi connectivity index (χ1v) is 9.64. The summed E-state index contributed by atoms with van der Waals surface area (Å²) in [6, 6.07) is 6.03. The van der Waals surface area contributed by atoms with Crippen molar-refractivity contribution in [2.24, 2.45) is 5.92 Å². The molecule has 2 aliphatic rings. The van der Waals surface area contributed by atoms with E-state index < -0.39 is 0 Å². The van der Waals surface area contributed by atoms with Crippen LogP contribution in [0.4, 0.5) is 11.5 Å². The minimum Gasteiger partial charge on any atom is -0.357 e. The molecule has 1 amide bonds. The Kier molecular flexibility index (Phi) is 4.27. The fraction of sp³-hybridized carbons (Fsp3) is 0.474. The Bertz CT molecular complexity index is 732. The summed E-state index contributed by atoms with van der Waals surface area (Å²) in [5.41, 5.74) is 2.13. The van der Waals surface area contributed by atoms with E-state index in [4.69, 9.17) is 0 Å². The van der Waals surface area contributed by atoms with E-state index in [0.29, 0.717) is 0 Å². The number of carbonyl (C=O) groups is 1. The highest BCUT2D eigenvalue weighted by Crippen LogP contribution is 2.32. The summed E-state index contributed by atoms with van der Waals surface area (Å²) in [5.74, 6) is 1.72. The van der Waals surface area contributed by atoms with E-state index >= 15 is 0 Å². The number of amides is 1. The molecule has 0 saturated carbocycles. The Morgan fingerprint density at radius 3 is 2.92 bits per heavy atom. The lowest BCUT2D eigenvalue weighted by molar-refractivity contribution is 0.103. The smallest absolute Gasteiger partial charge is 0.265 e. The zero-order valence-electron chi connectivity index (χ0n) is 14.0. The molecule has 2 aromatic rings. The van der Waals surface area contributed by atoms with Gasteiger partial charge in [0.1, 0.15) is 5.82 Å². The van der Waals surface area contributed by atoms with Crippen LogP contribution in [0, 0.1) is 5.92 Å². The third-order valence-corrected chi connectivity index (χ3v) is 6.22. The number of hydrogen-bond donors (Lipinski definition) is 1. The average molecular weight is 341 g/mol. The van der Waals surface area contributed by atoms with E-state index in [0.717, 1.165) is 48.2 Å². The van der Waals surface area contributed by atoms with E-state index in [9.17, 15) is 4.79 Å². The maximum Gasteiger partial charge on any atom is 0.265 e. The van der Waals surface area contributed by atoms with E-state index in [1.165, 1.54) is 29.7 Å². The molecule has 1 fully saturated rings. The summed E-state index contributed by atoms with van der Waals surface area (Å²) >= 11 is 1.65. The standard InChI is InChI=1S/C19H23N3OS/c1-13-4-6-16-14(10-13)11-17(24-16)19(23)21-15-5-7-18(20-12-15)22-8-2-3-9-22/h5,7,11-13H,2-4,6,8-10H2,1H3,(H,21,23). The van der Waals surface area contributed by atoms with E-state index in [-0.39, 0.29) is 5.91 Å². The molecule has 4 rings (SSSR count). The van der Waals surface area contributed by atoms with Crippen LogP contribution < -0.4 is 10.2 Å². The van der Waals surface area contributed by atoms with Gasteiger partial charge in [-0.1, -0.05) is 6.92 Å². The molecule has 126 valence electrons. The molecule has 1 aliphatic carbocycles. The first kappa shape index (κ1) is 15.6. The van der Waals surface area contributed by atoms with Crippen LogP contribution in [0.1, 0.15) is 46.3 Å². The first-order chi connectivity index (χ1) is 11.7. The Labute approximate surface area is 146 Å². The molecule has 0 aromatic carbocycles.